The fraction of sp³-hybridized carbons (Fsp3) is 0.556. The zero-order valence-corrected chi connectivity index (χ0v) is 14.8. The molecule has 0 atom stereocenters. The van der Waals surface area contributed by atoms with E-state index in [2.05, 4.69) is 20.0 Å². The Morgan fingerprint density at radius 2 is 2.23 bits per heavy atom. The molecule has 1 saturated heterocycles. The second-order valence-corrected chi connectivity index (χ2v) is 7.19. The molecule has 0 aromatic carbocycles. The maximum atomic E-state index is 13.6. The molecule has 1 amide bonds. The van der Waals surface area contributed by atoms with E-state index in [1.54, 1.807) is 17.2 Å². The maximum Gasteiger partial charge on any atom is 0.232 e. The first-order valence-corrected chi connectivity index (χ1v) is 8.98. The van der Waals surface area contributed by atoms with E-state index in [9.17, 15) is 9.18 Å². The second kappa shape index (κ2) is 7.11. The Balaban J connectivity index is 1.24. The molecule has 1 saturated carbocycles. The topological polar surface area (TPSA) is 75.4 Å². The number of nitrogens with zero attached hydrogens (tertiary/aromatic N) is 5. The average molecular weight is 359 g/mol. The summed E-state index contributed by atoms with van der Waals surface area (Å²) in [5, 5.41) is 4.02. The van der Waals surface area contributed by atoms with Gasteiger partial charge in [0.05, 0.1) is 12.1 Å². The van der Waals surface area contributed by atoms with E-state index in [1.165, 1.54) is 6.20 Å². The Labute approximate surface area is 151 Å². The van der Waals surface area contributed by atoms with Crippen LogP contribution < -0.4 is 0 Å². The molecular formula is C18H22FN5O2. The lowest BCUT2D eigenvalue weighted by Gasteiger charge is -2.37. The summed E-state index contributed by atoms with van der Waals surface area (Å²) < 4.78 is 19.0. The predicted molar refractivity (Wildman–Crippen MR) is 90.6 cm³/mol. The van der Waals surface area contributed by atoms with Crippen LogP contribution in [0.15, 0.2) is 23.0 Å². The van der Waals surface area contributed by atoms with Crippen molar-refractivity contribution in [2.75, 3.05) is 26.7 Å². The Hall–Kier alpha value is -2.35. The van der Waals surface area contributed by atoms with Crippen LogP contribution in [0.3, 0.4) is 0 Å². The zero-order valence-electron chi connectivity index (χ0n) is 14.8. The van der Waals surface area contributed by atoms with Crippen molar-refractivity contribution in [2.24, 2.45) is 5.92 Å². The Morgan fingerprint density at radius 3 is 2.96 bits per heavy atom. The van der Waals surface area contributed by atoms with E-state index in [0.717, 1.165) is 25.9 Å². The molecule has 0 spiro atoms. The number of rotatable bonds is 7. The Bertz CT molecular complexity index is 785. The fourth-order valence-corrected chi connectivity index (χ4v) is 3.18. The van der Waals surface area contributed by atoms with Gasteiger partial charge in [-0.25, -0.2) is 4.39 Å². The van der Waals surface area contributed by atoms with Crippen LogP contribution in [-0.4, -0.2) is 57.5 Å². The minimum Gasteiger partial charge on any atom is -0.345 e. The lowest BCUT2D eigenvalue weighted by Crippen LogP contribution is -2.44. The first kappa shape index (κ1) is 17.1. The van der Waals surface area contributed by atoms with Crippen molar-refractivity contribution >= 4 is 5.91 Å². The van der Waals surface area contributed by atoms with E-state index >= 15 is 0 Å². The van der Waals surface area contributed by atoms with Crippen LogP contribution in [-0.2, 0) is 17.8 Å². The van der Waals surface area contributed by atoms with Gasteiger partial charge in [-0.2, -0.15) is 4.98 Å². The number of likely N-dealkylation sites (tertiary alicyclic amines) is 1. The number of carbonyl (C=O) groups excluding carboxylic acids is 1. The number of hydrogen-bond acceptors (Lipinski definition) is 6. The van der Waals surface area contributed by atoms with Gasteiger partial charge >= 0.3 is 0 Å². The molecule has 138 valence electrons. The van der Waals surface area contributed by atoms with Gasteiger partial charge in [0.2, 0.25) is 11.8 Å². The molecule has 3 heterocycles. The number of aromatic nitrogens is 3. The standard InChI is InChI=1S/C18H22FN5O2/c1-23(18(25)12-2-3-12)7-5-16-21-17(26-22-16)14-10-24(11-14)9-13-4-6-20-8-15(13)19/h4,6,8,12,14H,2-3,5,7,9-11H2,1H3. The molecule has 8 heteroatoms. The minimum atomic E-state index is -0.277. The highest BCUT2D eigenvalue weighted by molar-refractivity contribution is 5.80. The summed E-state index contributed by atoms with van der Waals surface area (Å²) in [5.74, 6) is 1.61. The van der Waals surface area contributed by atoms with Gasteiger partial charge in [0, 0.05) is 57.3 Å². The lowest BCUT2D eigenvalue weighted by atomic mass is 9.99. The van der Waals surface area contributed by atoms with E-state index < -0.39 is 0 Å². The van der Waals surface area contributed by atoms with Gasteiger partial charge in [0.1, 0.15) is 5.82 Å². The largest absolute Gasteiger partial charge is 0.345 e. The van der Waals surface area contributed by atoms with E-state index in [0.29, 0.717) is 36.8 Å². The zero-order chi connectivity index (χ0) is 18.1. The molecule has 0 radical (unpaired) electrons. The van der Waals surface area contributed by atoms with Crippen LogP contribution in [0.1, 0.15) is 36.0 Å². The van der Waals surface area contributed by atoms with Crippen LogP contribution in [0.5, 0.6) is 0 Å². The summed E-state index contributed by atoms with van der Waals surface area (Å²) in [6.45, 7) is 2.69. The van der Waals surface area contributed by atoms with Crippen LogP contribution in [0.2, 0.25) is 0 Å². The second-order valence-electron chi connectivity index (χ2n) is 7.19. The van der Waals surface area contributed by atoms with Crippen molar-refractivity contribution in [1.29, 1.82) is 0 Å². The van der Waals surface area contributed by atoms with Gasteiger partial charge < -0.3 is 9.42 Å². The van der Waals surface area contributed by atoms with E-state index in [4.69, 9.17) is 4.52 Å². The number of likely N-dealkylation sites (N-methyl/N-ethyl adjacent to an activating group) is 1. The van der Waals surface area contributed by atoms with Crippen LogP contribution >= 0.6 is 0 Å². The van der Waals surface area contributed by atoms with Gasteiger partial charge in [-0.1, -0.05) is 5.16 Å². The fourth-order valence-electron chi connectivity index (χ4n) is 3.18. The number of pyridine rings is 1. The van der Waals surface area contributed by atoms with Crippen molar-refractivity contribution in [3.05, 3.63) is 41.6 Å². The van der Waals surface area contributed by atoms with Gasteiger partial charge in [-0.15, -0.1) is 0 Å². The highest BCUT2D eigenvalue weighted by Gasteiger charge is 2.33. The van der Waals surface area contributed by atoms with Crippen molar-refractivity contribution in [3.63, 3.8) is 0 Å². The number of hydrogen-bond donors (Lipinski definition) is 0. The molecule has 2 aromatic rings. The molecule has 1 aliphatic heterocycles. The summed E-state index contributed by atoms with van der Waals surface area (Å²) in [6, 6.07) is 1.70. The summed E-state index contributed by atoms with van der Waals surface area (Å²) >= 11 is 0. The molecular weight excluding hydrogens is 337 g/mol. The van der Waals surface area contributed by atoms with Crippen molar-refractivity contribution in [1.82, 2.24) is 24.9 Å². The first-order chi connectivity index (χ1) is 12.6. The maximum absolute atomic E-state index is 13.6. The van der Waals surface area contributed by atoms with Gasteiger partial charge in [-0.05, 0) is 18.9 Å². The molecule has 0 bridgehead atoms. The normalized spacial score (nSPS) is 17.9. The van der Waals surface area contributed by atoms with Gasteiger partial charge in [0.25, 0.3) is 0 Å². The Kier molecular flexibility index (Phi) is 4.67. The van der Waals surface area contributed by atoms with Crippen molar-refractivity contribution in [3.8, 4) is 0 Å². The van der Waals surface area contributed by atoms with Gasteiger partial charge in [-0.3, -0.25) is 14.7 Å². The van der Waals surface area contributed by atoms with E-state index in [-0.39, 0.29) is 23.6 Å². The quantitative estimate of drug-likeness (QED) is 0.748. The van der Waals surface area contributed by atoms with Crippen LogP contribution in [0, 0.1) is 11.7 Å². The van der Waals surface area contributed by atoms with Crippen molar-refractivity contribution < 1.29 is 13.7 Å². The highest BCUT2D eigenvalue weighted by atomic mass is 19.1. The Morgan fingerprint density at radius 1 is 1.42 bits per heavy atom. The van der Waals surface area contributed by atoms with Gasteiger partial charge in [0.15, 0.2) is 5.82 Å². The molecule has 7 nitrogen and oxygen atoms in total. The summed E-state index contributed by atoms with van der Waals surface area (Å²) in [4.78, 5) is 24.0. The molecule has 2 fully saturated rings. The summed E-state index contributed by atoms with van der Waals surface area (Å²) in [6.07, 6.45) is 5.46. The first-order valence-electron chi connectivity index (χ1n) is 8.98. The molecule has 4 rings (SSSR count). The molecule has 2 aliphatic rings. The highest BCUT2D eigenvalue weighted by Crippen LogP contribution is 2.30. The summed E-state index contributed by atoms with van der Waals surface area (Å²) in [5.41, 5.74) is 0.646. The molecule has 26 heavy (non-hydrogen) atoms. The molecule has 1 aliphatic carbocycles. The van der Waals surface area contributed by atoms with Crippen molar-refractivity contribution in [2.45, 2.75) is 31.7 Å². The molecule has 0 unspecified atom stereocenters. The molecule has 0 N–H and O–H groups in total. The summed E-state index contributed by atoms with van der Waals surface area (Å²) in [7, 11) is 1.82. The smallest absolute Gasteiger partial charge is 0.232 e. The average Bonchev–Trinajstić information content (AvgIpc) is 3.35. The number of carbonyl (C=O) groups is 1. The van der Waals surface area contributed by atoms with Crippen LogP contribution in [0.25, 0.3) is 0 Å². The lowest BCUT2D eigenvalue weighted by molar-refractivity contribution is -0.131. The number of halogens is 1. The van der Waals surface area contributed by atoms with E-state index in [1.807, 2.05) is 7.05 Å². The minimum absolute atomic E-state index is 0.187. The molecule has 2 aromatic heterocycles. The monoisotopic (exact) mass is 359 g/mol. The third-order valence-corrected chi connectivity index (χ3v) is 5.01. The number of amides is 1. The predicted octanol–water partition coefficient (Wildman–Crippen LogP) is 1.61. The van der Waals surface area contributed by atoms with Crippen LogP contribution in [0.4, 0.5) is 4.39 Å². The third kappa shape index (κ3) is 3.75. The SMILES string of the molecule is CN(CCc1noc(C2CN(Cc3ccncc3F)C2)n1)C(=O)C1CC1. The third-order valence-electron chi connectivity index (χ3n) is 5.01.